The highest BCUT2D eigenvalue weighted by Crippen LogP contribution is 2.23. The van der Waals surface area contributed by atoms with Gasteiger partial charge in [-0.05, 0) is 6.42 Å². The number of nitrogens with two attached hydrogens (primary N) is 2. The van der Waals surface area contributed by atoms with Crippen molar-refractivity contribution in [3.63, 3.8) is 0 Å². The molecule has 6 atom stereocenters. The molecule has 1 saturated heterocycles. The Hall–Kier alpha value is -1.26. The van der Waals surface area contributed by atoms with Gasteiger partial charge in [0.15, 0.2) is 12.4 Å². The molecule has 0 radical (unpaired) electrons. The molecule has 19 heavy (non-hydrogen) atoms. The number of carbonyl (C=O) groups is 2. The topological polar surface area (TPSA) is 165 Å². The van der Waals surface area contributed by atoms with Crippen LogP contribution in [0.15, 0.2) is 0 Å². The maximum Gasteiger partial charge on any atom is 0.249 e. The lowest BCUT2D eigenvalue weighted by molar-refractivity contribution is -0.298. The van der Waals surface area contributed by atoms with E-state index in [0.717, 1.165) is 0 Å². The molecule has 1 aliphatic rings. The minimum atomic E-state index is -1.69. The molecule has 0 aromatic carbocycles. The molecule has 1 aliphatic heterocycles. The fraction of sp³-hybridized carbons (Fsp3) is 0.800. The number of rotatable bonds is 5. The summed E-state index contributed by atoms with van der Waals surface area (Å²) >= 11 is 0. The Bertz CT molecular complexity index is 349. The van der Waals surface area contributed by atoms with Crippen LogP contribution in [0.3, 0.4) is 0 Å². The lowest BCUT2D eigenvalue weighted by Crippen LogP contribution is -2.62. The molecule has 0 aliphatic carbocycles. The first-order valence-electron chi connectivity index (χ1n) is 5.73. The Labute approximate surface area is 109 Å². The third kappa shape index (κ3) is 3.39. The van der Waals surface area contributed by atoms with E-state index < -0.39 is 48.6 Å². The van der Waals surface area contributed by atoms with E-state index in [2.05, 4.69) is 0 Å². The largest absolute Gasteiger partial charge is 0.387 e. The van der Waals surface area contributed by atoms with Crippen LogP contribution in [0.2, 0.25) is 0 Å². The van der Waals surface area contributed by atoms with E-state index in [1.54, 1.807) is 6.92 Å². The maximum absolute atomic E-state index is 11.0. The monoisotopic (exact) mass is 278 g/mol. The van der Waals surface area contributed by atoms with Crippen molar-refractivity contribution in [2.45, 2.75) is 50.2 Å². The summed E-state index contributed by atoms with van der Waals surface area (Å²) in [6.07, 6.45) is -8.90. The Morgan fingerprint density at radius 3 is 2.21 bits per heavy atom. The van der Waals surface area contributed by atoms with E-state index in [0.29, 0.717) is 0 Å². The highest BCUT2D eigenvalue weighted by atomic mass is 16.7. The van der Waals surface area contributed by atoms with Gasteiger partial charge in [0.2, 0.25) is 11.8 Å². The van der Waals surface area contributed by atoms with Gasteiger partial charge in [-0.25, -0.2) is 0 Å². The van der Waals surface area contributed by atoms with E-state index in [1.807, 2.05) is 0 Å². The Morgan fingerprint density at radius 1 is 1.21 bits per heavy atom. The third-order valence-electron chi connectivity index (χ3n) is 2.84. The molecule has 0 spiro atoms. The van der Waals surface area contributed by atoms with Crippen molar-refractivity contribution in [3.8, 4) is 0 Å². The number of hydrogen-bond acceptors (Lipinski definition) is 7. The van der Waals surface area contributed by atoms with Gasteiger partial charge in [-0.15, -0.1) is 0 Å². The third-order valence-corrected chi connectivity index (χ3v) is 2.84. The minimum Gasteiger partial charge on any atom is -0.387 e. The van der Waals surface area contributed by atoms with Gasteiger partial charge in [0.1, 0.15) is 24.4 Å². The highest BCUT2D eigenvalue weighted by Gasteiger charge is 2.47. The summed E-state index contributed by atoms with van der Waals surface area (Å²) in [6, 6.07) is 0. The second kappa shape index (κ2) is 6.26. The van der Waals surface area contributed by atoms with Crippen LogP contribution in [0.4, 0.5) is 0 Å². The first-order chi connectivity index (χ1) is 8.79. The molecule has 0 aromatic heterocycles. The molecule has 7 N–H and O–H groups in total. The van der Waals surface area contributed by atoms with Gasteiger partial charge in [-0.3, -0.25) is 9.59 Å². The summed E-state index contributed by atoms with van der Waals surface area (Å²) in [5, 5.41) is 28.8. The van der Waals surface area contributed by atoms with Crippen LogP contribution < -0.4 is 11.5 Å². The van der Waals surface area contributed by atoms with Crippen LogP contribution in [0, 0.1) is 0 Å². The van der Waals surface area contributed by atoms with Crippen molar-refractivity contribution >= 4 is 11.8 Å². The second-order valence-corrected chi connectivity index (χ2v) is 4.23. The van der Waals surface area contributed by atoms with Crippen LogP contribution in [-0.2, 0) is 19.1 Å². The average Bonchev–Trinajstić information content (AvgIpc) is 2.34. The van der Waals surface area contributed by atoms with E-state index in [4.69, 9.17) is 20.9 Å². The molecule has 110 valence electrons. The average molecular weight is 278 g/mol. The van der Waals surface area contributed by atoms with Crippen LogP contribution in [-0.4, -0.2) is 63.9 Å². The van der Waals surface area contributed by atoms with Gasteiger partial charge < -0.3 is 36.3 Å². The van der Waals surface area contributed by atoms with Gasteiger partial charge in [0.25, 0.3) is 0 Å². The minimum absolute atomic E-state index is 0.210. The zero-order chi connectivity index (χ0) is 14.7. The summed E-state index contributed by atoms with van der Waals surface area (Å²) < 4.78 is 10.0. The highest BCUT2D eigenvalue weighted by molar-refractivity contribution is 5.80. The van der Waals surface area contributed by atoms with Crippen molar-refractivity contribution in [1.29, 1.82) is 0 Å². The van der Waals surface area contributed by atoms with Crippen LogP contribution in [0.5, 0.6) is 0 Å². The van der Waals surface area contributed by atoms with Crippen molar-refractivity contribution in [2.24, 2.45) is 11.5 Å². The second-order valence-electron chi connectivity index (χ2n) is 4.23. The number of hydrogen-bond donors (Lipinski definition) is 5. The van der Waals surface area contributed by atoms with Crippen LogP contribution in [0.25, 0.3) is 0 Å². The Balaban J connectivity index is 2.82. The molecular formula is C10H18N2O7. The molecule has 0 saturated carbocycles. The van der Waals surface area contributed by atoms with E-state index in [-0.39, 0.29) is 6.42 Å². The quantitative estimate of drug-likeness (QED) is 0.349. The van der Waals surface area contributed by atoms with Gasteiger partial charge >= 0.3 is 0 Å². The van der Waals surface area contributed by atoms with Gasteiger partial charge in [0.05, 0.1) is 0 Å². The lowest BCUT2D eigenvalue weighted by atomic mass is 9.98. The van der Waals surface area contributed by atoms with Crippen molar-refractivity contribution in [2.75, 3.05) is 0 Å². The number of ether oxygens (including phenoxy) is 2. The molecular weight excluding hydrogens is 260 g/mol. The number of carbonyl (C=O) groups excluding carboxylic acids is 2. The Morgan fingerprint density at radius 2 is 1.79 bits per heavy atom. The van der Waals surface area contributed by atoms with Gasteiger partial charge in [0, 0.05) is 0 Å². The smallest absolute Gasteiger partial charge is 0.249 e. The summed E-state index contributed by atoms with van der Waals surface area (Å²) in [5.74, 6) is -1.81. The molecule has 9 nitrogen and oxygen atoms in total. The maximum atomic E-state index is 11.0. The molecule has 9 heteroatoms. The molecule has 4 unspecified atom stereocenters. The van der Waals surface area contributed by atoms with E-state index in [9.17, 15) is 24.9 Å². The predicted octanol–water partition coefficient (Wildman–Crippen LogP) is -3.44. The van der Waals surface area contributed by atoms with Crippen molar-refractivity contribution in [3.05, 3.63) is 0 Å². The molecule has 1 fully saturated rings. The fourth-order valence-corrected chi connectivity index (χ4v) is 1.72. The molecule has 0 bridgehead atoms. The number of primary amides is 2. The zero-order valence-corrected chi connectivity index (χ0v) is 10.3. The van der Waals surface area contributed by atoms with Crippen LogP contribution >= 0.6 is 0 Å². The number of amides is 2. The molecule has 1 heterocycles. The van der Waals surface area contributed by atoms with Crippen molar-refractivity contribution < 1.29 is 34.4 Å². The summed E-state index contributed by atoms with van der Waals surface area (Å²) in [5.41, 5.74) is 10.0. The van der Waals surface area contributed by atoms with Gasteiger partial charge in [-0.1, -0.05) is 6.92 Å². The molecule has 2 amide bonds. The number of aliphatic hydroxyl groups excluding tert-OH is 3. The zero-order valence-electron chi connectivity index (χ0n) is 10.3. The standard InChI is InChI=1S/C10H18N2O7/c1-2-3(8(11)16)18-10-6(15)4(13)5(14)7(19-10)9(12)17/h3-7,10,13-15H,2H2,1H3,(H2,11,16)(H2,12,17)/t3?,4?,5-,6-,7?,10?/m0/s1. The predicted molar refractivity (Wildman–Crippen MR) is 60.2 cm³/mol. The summed E-state index contributed by atoms with van der Waals surface area (Å²) in [7, 11) is 0. The van der Waals surface area contributed by atoms with Crippen molar-refractivity contribution in [1.82, 2.24) is 0 Å². The first kappa shape index (κ1) is 15.8. The molecule has 0 aromatic rings. The number of aliphatic hydroxyl groups is 3. The Kier molecular flexibility index (Phi) is 5.20. The normalized spacial score (nSPS) is 36.7. The fourth-order valence-electron chi connectivity index (χ4n) is 1.72. The van der Waals surface area contributed by atoms with E-state index >= 15 is 0 Å². The SMILES string of the molecule is CCC(OC1OC(C(N)=O)[C@@H](O)C(O)[C@@H]1O)C(N)=O. The lowest BCUT2D eigenvalue weighted by Gasteiger charge is -2.39. The summed E-state index contributed by atoms with van der Waals surface area (Å²) in [6.45, 7) is 1.61. The first-order valence-corrected chi connectivity index (χ1v) is 5.73. The molecule has 1 rings (SSSR count). The van der Waals surface area contributed by atoms with E-state index in [1.165, 1.54) is 0 Å². The van der Waals surface area contributed by atoms with Gasteiger partial charge in [-0.2, -0.15) is 0 Å². The summed E-state index contributed by atoms with van der Waals surface area (Å²) in [4.78, 5) is 22.1. The van der Waals surface area contributed by atoms with Crippen LogP contribution in [0.1, 0.15) is 13.3 Å².